The monoisotopic (exact) mass is 439 g/mol. The summed E-state index contributed by atoms with van der Waals surface area (Å²) in [5.74, 6) is 0.877. The van der Waals surface area contributed by atoms with E-state index >= 15 is 0 Å². The Balaban J connectivity index is 0.00000150. The van der Waals surface area contributed by atoms with E-state index in [1.165, 1.54) is 11.6 Å². The molecule has 0 aromatic heterocycles. The first-order valence-corrected chi connectivity index (χ1v) is 9.60. The van der Waals surface area contributed by atoms with Crippen LogP contribution in [0.4, 0.5) is 4.39 Å². The van der Waals surface area contributed by atoms with E-state index in [4.69, 9.17) is 0 Å². The number of likely N-dealkylation sites (tertiary alicyclic amines) is 1. The maximum atomic E-state index is 13.9. The van der Waals surface area contributed by atoms with Gasteiger partial charge >= 0.3 is 0 Å². The molecule has 0 radical (unpaired) electrons. The van der Waals surface area contributed by atoms with E-state index in [-0.39, 0.29) is 42.6 Å². The van der Waals surface area contributed by atoms with E-state index in [9.17, 15) is 9.18 Å². The highest BCUT2D eigenvalue weighted by Crippen LogP contribution is 2.42. The van der Waals surface area contributed by atoms with Crippen molar-refractivity contribution in [3.8, 4) is 0 Å². The summed E-state index contributed by atoms with van der Waals surface area (Å²) in [6, 6.07) is 17.2. The molecule has 2 aromatic carbocycles. The standard InChI is InChI=1S/C22H26FN3O.2ClH/c1-25(13-17-9-5-6-10-20(17)23)15-21(27)26-14-18-11-24-12-19(18)22(26)16-7-3-2-4-8-16;;/h2-10,18-19,22,24H,11-15H2,1H3;2*1H/t18-,19-,22+;;/m0../s1. The van der Waals surface area contributed by atoms with Crippen molar-refractivity contribution in [2.24, 2.45) is 11.8 Å². The number of carbonyl (C=O) groups excluding carboxylic acids is 1. The molecule has 2 heterocycles. The lowest BCUT2D eigenvalue weighted by atomic mass is 9.89. The Hall–Kier alpha value is -1.66. The zero-order valence-corrected chi connectivity index (χ0v) is 18.1. The van der Waals surface area contributed by atoms with Gasteiger partial charge in [-0.25, -0.2) is 4.39 Å². The quantitative estimate of drug-likeness (QED) is 0.773. The van der Waals surface area contributed by atoms with Gasteiger partial charge < -0.3 is 10.2 Å². The fourth-order valence-electron chi connectivity index (χ4n) is 4.55. The van der Waals surface area contributed by atoms with Gasteiger partial charge in [-0.3, -0.25) is 9.69 Å². The van der Waals surface area contributed by atoms with Crippen molar-refractivity contribution < 1.29 is 9.18 Å². The van der Waals surface area contributed by atoms with Crippen molar-refractivity contribution in [3.63, 3.8) is 0 Å². The van der Waals surface area contributed by atoms with Crippen molar-refractivity contribution in [3.05, 3.63) is 71.5 Å². The molecule has 2 aromatic rings. The maximum absolute atomic E-state index is 13.9. The summed E-state index contributed by atoms with van der Waals surface area (Å²) < 4.78 is 13.9. The van der Waals surface area contributed by atoms with E-state index in [2.05, 4.69) is 17.4 Å². The molecule has 29 heavy (non-hydrogen) atoms. The number of fused-ring (bicyclic) bond motifs is 1. The van der Waals surface area contributed by atoms with Crippen LogP contribution in [0.2, 0.25) is 0 Å². The number of rotatable bonds is 5. The number of hydrogen-bond donors (Lipinski definition) is 1. The maximum Gasteiger partial charge on any atom is 0.237 e. The third kappa shape index (κ3) is 5.10. The van der Waals surface area contributed by atoms with E-state index in [0.29, 0.717) is 30.5 Å². The lowest BCUT2D eigenvalue weighted by Gasteiger charge is -2.30. The second-order valence-electron chi connectivity index (χ2n) is 7.75. The highest BCUT2D eigenvalue weighted by atomic mass is 35.5. The number of nitrogens with one attached hydrogen (secondary N) is 1. The van der Waals surface area contributed by atoms with Crippen LogP contribution in [0.25, 0.3) is 0 Å². The number of nitrogens with zero attached hydrogens (tertiary/aromatic N) is 2. The topological polar surface area (TPSA) is 35.6 Å². The average Bonchev–Trinajstić information content (AvgIpc) is 3.25. The Labute approximate surface area is 184 Å². The van der Waals surface area contributed by atoms with Crippen LogP contribution in [0.15, 0.2) is 54.6 Å². The molecule has 158 valence electrons. The molecule has 0 aliphatic carbocycles. The van der Waals surface area contributed by atoms with Gasteiger partial charge in [-0.15, -0.1) is 24.8 Å². The molecule has 2 fully saturated rings. The smallest absolute Gasteiger partial charge is 0.237 e. The lowest BCUT2D eigenvalue weighted by Crippen LogP contribution is -2.40. The van der Waals surface area contributed by atoms with Gasteiger partial charge in [0, 0.05) is 37.7 Å². The molecule has 0 bridgehead atoms. The van der Waals surface area contributed by atoms with E-state index < -0.39 is 0 Å². The predicted molar refractivity (Wildman–Crippen MR) is 118 cm³/mol. The highest BCUT2D eigenvalue weighted by Gasteiger charge is 2.46. The molecule has 2 aliphatic rings. The van der Waals surface area contributed by atoms with Crippen LogP contribution in [0.3, 0.4) is 0 Å². The number of amides is 1. The first kappa shape index (κ1) is 23.6. The third-order valence-electron chi connectivity index (χ3n) is 5.83. The Morgan fingerprint density at radius 2 is 1.79 bits per heavy atom. The Morgan fingerprint density at radius 3 is 2.52 bits per heavy atom. The highest BCUT2D eigenvalue weighted by molar-refractivity contribution is 5.85. The van der Waals surface area contributed by atoms with Crippen LogP contribution in [-0.4, -0.2) is 48.9 Å². The molecular weight excluding hydrogens is 412 g/mol. The summed E-state index contributed by atoms with van der Waals surface area (Å²) in [6.07, 6.45) is 0. The molecule has 2 aliphatic heterocycles. The molecule has 1 N–H and O–H groups in total. The van der Waals surface area contributed by atoms with Crippen LogP contribution in [0.1, 0.15) is 17.2 Å². The van der Waals surface area contributed by atoms with Gasteiger partial charge in [0.15, 0.2) is 0 Å². The second-order valence-corrected chi connectivity index (χ2v) is 7.75. The van der Waals surface area contributed by atoms with Crippen LogP contribution >= 0.6 is 24.8 Å². The van der Waals surface area contributed by atoms with Gasteiger partial charge in [-0.05, 0) is 24.6 Å². The number of halogens is 3. The minimum Gasteiger partial charge on any atom is -0.334 e. The molecule has 4 rings (SSSR count). The SMILES string of the molecule is CN(CC(=O)N1C[C@@H]2CNC[C@@H]2[C@H]1c1ccccc1)Cc1ccccc1F.Cl.Cl. The largest absolute Gasteiger partial charge is 0.334 e. The van der Waals surface area contributed by atoms with Gasteiger partial charge in [0.1, 0.15) is 5.82 Å². The first-order chi connectivity index (χ1) is 13.1. The fraction of sp³-hybridized carbons (Fsp3) is 0.409. The fourth-order valence-corrected chi connectivity index (χ4v) is 4.55. The zero-order chi connectivity index (χ0) is 18.8. The van der Waals surface area contributed by atoms with Crippen molar-refractivity contribution >= 4 is 30.7 Å². The molecule has 3 atom stereocenters. The summed E-state index contributed by atoms with van der Waals surface area (Å²) in [5, 5.41) is 3.47. The van der Waals surface area contributed by atoms with Crippen molar-refractivity contribution in [2.45, 2.75) is 12.6 Å². The number of likely N-dealkylation sites (N-methyl/N-ethyl adjacent to an activating group) is 1. The second kappa shape index (κ2) is 10.4. The normalized spacial score (nSPS) is 22.7. The molecule has 0 saturated carbocycles. The van der Waals surface area contributed by atoms with Crippen LogP contribution < -0.4 is 5.32 Å². The zero-order valence-electron chi connectivity index (χ0n) is 16.5. The molecule has 7 heteroatoms. The number of benzene rings is 2. The molecular formula is C22H28Cl2FN3O. The summed E-state index contributed by atoms with van der Waals surface area (Å²) in [6.45, 7) is 3.45. The number of hydrogen-bond acceptors (Lipinski definition) is 3. The van der Waals surface area contributed by atoms with Gasteiger partial charge in [0.05, 0.1) is 12.6 Å². The lowest BCUT2D eigenvalue weighted by molar-refractivity contribution is -0.133. The first-order valence-electron chi connectivity index (χ1n) is 9.60. The van der Waals surface area contributed by atoms with E-state index in [1.54, 1.807) is 12.1 Å². The summed E-state index contributed by atoms with van der Waals surface area (Å²) in [7, 11) is 1.88. The Bertz CT molecular complexity index is 808. The van der Waals surface area contributed by atoms with Crippen LogP contribution in [0, 0.1) is 17.7 Å². The van der Waals surface area contributed by atoms with Crippen molar-refractivity contribution in [1.29, 1.82) is 0 Å². The Morgan fingerprint density at radius 1 is 1.10 bits per heavy atom. The molecule has 2 saturated heterocycles. The minimum absolute atomic E-state index is 0. The molecule has 4 nitrogen and oxygen atoms in total. The van der Waals surface area contributed by atoms with Crippen molar-refractivity contribution in [1.82, 2.24) is 15.1 Å². The van der Waals surface area contributed by atoms with Crippen LogP contribution in [0.5, 0.6) is 0 Å². The third-order valence-corrected chi connectivity index (χ3v) is 5.83. The molecule has 0 unspecified atom stereocenters. The predicted octanol–water partition coefficient (Wildman–Crippen LogP) is 3.52. The minimum atomic E-state index is -0.222. The van der Waals surface area contributed by atoms with Crippen LogP contribution in [-0.2, 0) is 11.3 Å². The van der Waals surface area contributed by atoms with Gasteiger partial charge in [-0.2, -0.15) is 0 Å². The summed E-state index contributed by atoms with van der Waals surface area (Å²) in [5.41, 5.74) is 1.83. The van der Waals surface area contributed by atoms with Gasteiger partial charge in [0.2, 0.25) is 5.91 Å². The van der Waals surface area contributed by atoms with E-state index in [1.807, 2.05) is 41.1 Å². The molecule has 0 spiro atoms. The summed E-state index contributed by atoms with van der Waals surface area (Å²) >= 11 is 0. The Kier molecular flexibility index (Phi) is 8.46. The van der Waals surface area contributed by atoms with Gasteiger partial charge in [0.25, 0.3) is 0 Å². The number of carbonyl (C=O) groups is 1. The average molecular weight is 440 g/mol. The molecule has 1 amide bonds. The summed E-state index contributed by atoms with van der Waals surface area (Å²) in [4.78, 5) is 17.1. The van der Waals surface area contributed by atoms with E-state index in [0.717, 1.165) is 19.6 Å². The van der Waals surface area contributed by atoms with Crippen molar-refractivity contribution in [2.75, 3.05) is 33.2 Å². The van der Waals surface area contributed by atoms with Gasteiger partial charge in [-0.1, -0.05) is 48.5 Å².